The van der Waals surface area contributed by atoms with Crippen molar-refractivity contribution in [3.8, 4) is 0 Å². The Bertz CT molecular complexity index is 516. The van der Waals surface area contributed by atoms with Crippen molar-refractivity contribution in [3.63, 3.8) is 0 Å². The lowest BCUT2D eigenvalue weighted by Crippen LogP contribution is -2.10. The summed E-state index contributed by atoms with van der Waals surface area (Å²) in [6, 6.07) is 7.21. The van der Waals surface area contributed by atoms with Gasteiger partial charge in [-0.1, -0.05) is 17.3 Å². The van der Waals surface area contributed by atoms with Crippen molar-refractivity contribution in [2.45, 2.75) is 13.3 Å². The molecule has 0 fully saturated rings. The molecule has 1 aromatic carbocycles. The third-order valence-electron chi connectivity index (χ3n) is 2.53. The van der Waals surface area contributed by atoms with Gasteiger partial charge in [0.2, 0.25) is 5.91 Å². The zero-order valence-electron chi connectivity index (χ0n) is 9.47. The largest absolute Gasteiger partial charge is 0.366 e. The average molecular weight is 229 g/mol. The number of aromatic amines is 1. The molecule has 87 valence electrons. The number of nitrogens with two attached hydrogens (primary N) is 1. The maximum atomic E-state index is 10.9. The molecule has 2 rings (SSSR count). The summed E-state index contributed by atoms with van der Waals surface area (Å²) in [5.74, 6) is -0.409. The van der Waals surface area contributed by atoms with Gasteiger partial charge in [-0.15, -0.1) is 5.10 Å². The Morgan fingerprint density at radius 3 is 2.65 bits per heavy atom. The van der Waals surface area contributed by atoms with Crippen LogP contribution in [0.2, 0.25) is 0 Å². The average Bonchev–Trinajstić information content (AvgIpc) is 2.73. The van der Waals surface area contributed by atoms with E-state index in [9.17, 15) is 4.79 Å². The smallest absolute Gasteiger partial charge is 0.248 e. The SMILES string of the molecule is Cc1[nH]nnc1[CH]Cc1ccc(C(N)=O)cc1. The van der Waals surface area contributed by atoms with Crippen LogP contribution in [0.5, 0.6) is 0 Å². The quantitative estimate of drug-likeness (QED) is 0.820. The number of nitrogens with zero attached hydrogens (tertiary/aromatic N) is 2. The lowest BCUT2D eigenvalue weighted by molar-refractivity contribution is 0.100. The van der Waals surface area contributed by atoms with E-state index in [4.69, 9.17) is 5.73 Å². The van der Waals surface area contributed by atoms with E-state index in [1.807, 2.05) is 25.5 Å². The summed E-state index contributed by atoms with van der Waals surface area (Å²) < 4.78 is 0. The third kappa shape index (κ3) is 2.69. The standard InChI is InChI=1S/C12H13N4O/c1-8-11(15-16-14-8)7-4-9-2-5-10(6-3-9)12(13)17/h2-3,5-7H,4H2,1H3,(H2,13,17)(H,14,15,16). The van der Waals surface area contributed by atoms with Crippen LogP contribution in [0, 0.1) is 13.3 Å². The molecular formula is C12H13N4O. The van der Waals surface area contributed by atoms with E-state index in [1.165, 1.54) is 0 Å². The molecule has 1 amide bonds. The molecule has 0 spiro atoms. The van der Waals surface area contributed by atoms with Gasteiger partial charge >= 0.3 is 0 Å². The van der Waals surface area contributed by atoms with Gasteiger partial charge in [0.15, 0.2) is 0 Å². The predicted molar refractivity (Wildman–Crippen MR) is 63.2 cm³/mol. The van der Waals surface area contributed by atoms with Crippen LogP contribution in [0.4, 0.5) is 0 Å². The Balaban J connectivity index is 2.00. The summed E-state index contributed by atoms with van der Waals surface area (Å²) in [6.07, 6.45) is 2.73. The maximum Gasteiger partial charge on any atom is 0.248 e. The normalized spacial score (nSPS) is 10.4. The number of benzene rings is 1. The molecule has 0 unspecified atom stereocenters. The minimum Gasteiger partial charge on any atom is -0.366 e. The predicted octanol–water partition coefficient (Wildman–Crippen LogP) is 1.01. The second kappa shape index (κ2) is 4.78. The third-order valence-corrected chi connectivity index (χ3v) is 2.53. The lowest BCUT2D eigenvalue weighted by Gasteiger charge is -2.01. The number of hydrogen-bond donors (Lipinski definition) is 2. The van der Waals surface area contributed by atoms with Crippen LogP contribution < -0.4 is 5.73 Å². The van der Waals surface area contributed by atoms with E-state index in [0.717, 1.165) is 23.4 Å². The number of H-pyrrole nitrogens is 1. The highest BCUT2D eigenvalue weighted by atomic mass is 16.1. The van der Waals surface area contributed by atoms with E-state index < -0.39 is 5.91 Å². The van der Waals surface area contributed by atoms with Crippen LogP contribution in [0.15, 0.2) is 24.3 Å². The fraction of sp³-hybridized carbons (Fsp3) is 0.167. The minimum atomic E-state index is -0.409. The molecule has 3 N–H and O–H groups in total. The second-order valence-corrected chi connectivity index (χ2v) is 3.79. The monoisotopic (exact) mass is 229 g/mol. The lowest BCUT2D eigenvalue weighted by atomic mass is 10.1. The van der Waals surface area contributed by atoms with Crippen LogP contribution in [0.3, 0.4) is 0 Å². The number of amides is 1. The molecule has 0 saturated heterocycles. The molecule has 0 bridgehead atoms. The first kappa shape index (κ1) is 11.3. The van der Waals surface area contributed by atoms with Crippen molar-refractivity contribution >= 4 is 5.91 Å². The number of rotatable bonds is 4. The zero-order chi connectivity index (χ0) is 12.3. The van der Waals surface area contributed by atoms with Gasteiger partial charge in [0.1, 0.15) is 0 Å². The molecule has 1 radical (unpaired) electrons. The molecule has 0 aliphatic heterocycles. The summed E-state index contributed by atoms with van der Waals surface area (Å²) in [6.45, 7) is 1.92. The highest BCUT2D eigenvalue weighted by Crippen LogP contribution is 2.10. The van der Waals surface area contributed by atoms with Crippen molar-refractivity contribution < 1.29 is 4.79 Å². The fourth-order valence-electron chi connectivity index (χ4n) is 1.50. The molecule has 1 aromatic heterocycles. The molecule has 0 aliphatic rings. The number of carbonyl (C=O) groups is 1. The summed E-state index contributed by atoms with van der Waals surface area (Å²) in [4.78, 5) is 10.9. The van der Waals surface area contributed by atoms with Gasteiger partial charge < -0.3 is 5.73 Å². The van der Waals surface area contributed by atoms with E-state index in [2.05, 4.69) is 15.4 Å². The molecule has 0 aliphatic carbocycles. The highest BCUT2D eigenvalue weighted by molar-refractivity contribution is 5.92. The maximum absolute atomic E-state index is 10.9. The van der Waals surface area contributed by atoms with Crippen molar-refractivity contribution in [2.24, 2.45) is 5.73 Å². The molecule has 0 saturated carbocycles. The Morgan fingerprint density at radius 1 is 1.41 bits per heavy atom. The van der Waals surface area contributed by atoms with Crippen LogP contribution in [0.1, 0.15) is 27.3 Å². The van der Waals surface area contributed by atoms with Gasteiger partial charge in [0.25, 0.3) is 0 Å². The first-order valence-corrected chi connectivity index (χ1v) is 5.26. The van der Waals surface area contributed by atoms with E-state index in [0.29, 0.717) is 5.56 Å². The number of primary amides is 1. The van der Waals surface area contributed by atoms with Gasteiger partial charge in [-0.05, 0) is 31.0 Å². The van der Waals surface area contributed by atoms with E-state index in [1.54, 1.807) is 12.1 Å². The number of nitrogens with one attached hydrogen (secondary N) is 1. The van der Waals surface area contributed by atoms with E-state index >= 15 is 0 Å². The van der Waals surface area contributed by atoms with Crippen molar-refractivity contribution in [2.75, 3.05) is 0 Å². The molecular weight excluding hydrogens is 216 g/mol. The Morgan fingerprint density at radius 2 is 2.12 bits per heavy atom. The number of aryl methyl sites for hydroxylation is 1. The number of hydrogen-bond acceptors (Lipinski definition) is 3. The Labute approximate surface area is 99.0 Å². The molecule has 17 heavy (non-hydrogen) atoms. The van der Waals surface area contributed by atoms with Crippen LogP contribution in [-0.4, -0.2) is 21.3 Å². The molecule has 1 heterocycles. The van der Waals surface area contributed by atoms with Crippen LogP contribution in [-0.2, 0) is 6.42 Å². The Kier molecular flexibility index (Phi) is 3.18. The van der Waals surface area contributed by atoms with Gasteiger partial charge in [-0.3, -0.25) is 9.89 Å². The first-order valence-electron chi connectivity index (χ1n) is 5.26. The minimum absolute atomic E-state index is 0.409. The summed E-state index contributed by atoms with van der Waals surface area (Å²) in [5.41, 5.74) is 8.57. The molecule has 5 nitrogen and oxygen atoms in total. The highest BCUT2D eigenvalue weighted by Gasteiger charge is 2.04. The fourth-order valence-corrected chi connectivity index (χ4v) is 1.50. The summed E-state index contributed by atoms with van der Waals surface area (Å²) in [7, 11) is 0. The molecule has 0 atom stereocenters. The Hall–Kier alpha value is -2.17. The van der Waals surface area contributed by atoms with Crippen LogP contribution >= 0.6 is 0 Å². The van der Waals surface area contributed by atoms with Crippen molar-refractivity contribution in [1.82, 2.24) is 15.4 Å². The number of aromatic nitrogens is 3. The zero-order valence-corrected chi connectivity index (χ0v) is 9.47. The van der Waals surface area contributed by atoms with Crippen molar-refractivity contribution in [1.29, 1.82) is 0 Å². The van der Waals surface area contributed by atoms with E-state index in [-0.39, 0.29) is 0 Å². The summed E-state index contributed by atoms with van der Waals surface area (Å²) >= 11 is 0. The second-order valence-electron chi connectivity index (χ2n) is 3.79. The first-order chi connectivity index (χ1) is 8.16. The molecule has 2 aromatic rings. The van der Waals surface area contributed by atoms with Crippen LogP contribution in [0.25, 0.3) is 0 Å². The topological polar surface area (TPSA) is 84.7 Å². The van der Waals surface area contributed by atoms with Gasteiger partial charge in [-0.2, -0.15) is 0 Å². The molecule has 5 heteroatoms. The van der Waals surface area contributed by atoms with Crippen molar-refractivity contribution in [3.05, 3.63) is 53.2 Å². The van der Waals surface area contributed by atoms with Gasteiger partial charge in [0, 0.05) is 12.0 Å². The van der Waals surface area contributed by atoms with Gasteiger partial charge in [0.05, 0.1) is 11.4 Å². The summed E-state index contributed by atoms with van der Waals surface area (Å²) in [5, 5.41) is 10.4. The number of carbonyl (C=O) groups excluding carboxylic acids is 1. The van der Waals surface area contributed by atoms with Gasteiger partial charge in [-0.25, -0.2) is 0 Å².